The van der Waals surface area contributed by atoms with Crippen LogP contribution in [0.25, 0.3) is 0 Å². The van der Waals surface area contributed by atoms with Gasteiger partial charge >= 0.3 is 0 Å². The Balaban J connectivity index is 1.79. The summed E-state index contributed by atoms with van der Waals surface area (Å²) < 4.78 is 0. The average Bonchev–Trinajstić information content (AvgIpc) is 2.83. The van der Waals surface area contributed by atoms with Crippen molar-refractivity contribution in [1.29, 1.82) is 0 Å². The van der Waals surface area contributed by atoms with E-state index >= 15 is 0 Å². The van der Waals surface area contributed by atoms with Gasteiger partial charge in [0.25, 0.3) is 0 Å². The zero-order valence-corrected chi connectivity index (χ0v) is 15.8. The van der Waals surface area contributed by atoms with Gasteiger partial charge in [0.1, 0.15) is 12.2 Å². The summed E-state index contributed by atoms with van der Waals surface area (Å²) in [5, 5.41) is 20.9. The van der Waals surface area contributed by atoms with Crippen LogP contribution in [0, 0.1) is 28.6 Å². The molecule has 0 aromatic rings. The Morgan fingerprint density at radius 2 is 2.08 bits per heavy atom. The molecule has 4 aliphatic rings. The summed E-state index contributed by atoms with van der Waals surface area (Å²) in [7, 11) is 0. The first-order valence-corrected chi connectivity index (χ1v) is 9.70. The molecule has 6 atom stereocenters. The molecule has 4 rings (SSSR count). The van der Waals surface area contributed by atoms with Gasteiger partial charge in [0.2, 0.25) is 0 Å². The van der Waals surface area contributed by atoms with Crippen LogP contribution in [0.2, 0.25) is 0 Å². The first kappa shape index (κ1) is 17.9. The largest absolute Gasteiger partial charge is 0.388 e. The Morgan fingerprint density at radius 1 is 1.35 bits per heavy atom. The lowest BCUT2D eigenvalue weighted by atomic mass is 9.51. The molecule has 26 heavy (non-hydrogen) atoms. The highest BCUT2D eigenvalue weighted by Crippen LogP contribution is 2.66. The van der Waals surface area contributed by atoms with Gasteiger partial charge in [-0.15, -0.1) is 0 Å². The van der Waals surface area contributed by atoms with Gasteiger partial charge in [0, 0.05) is 10.8 Å². The first-order chi connectivity index (χ1) is 12.2. The summed E-state index contributed by atoms with van der Waals surface area (Å²) in [5.41, 5.74) is 0.289. The summed E-state index contributed by atoms with van der Waals surface area (Å²) in [4.78, 5) is 24.3. The number of carbonyl (C=O) groups is 2. The molecule has 4 nitrogen and oxygen atoms in total. The maximum Gasteiger partial charge on any atom is 0.190 e. The number of aliphatic hydroxyl groups excluding tert-OH is 1. The molecule has 4 aliphatic carbocycles. The van der Waals surface area contributed by atoms with Crippen LogP contribution >= 0.6 is 0 Å². The van der Waals surface area contributed by atoms with Crippen molar-refractivity contribution in [2.75, 3.05) is 6.61 Å². The number of rotatable bonds is 2. The molecular formula is C22H28O4. The smallest absolute Gasteiger partial charge is 0.190 e. The van der Waals surface area contributed by atoms with Crippen molar-refractivity contribution in [1.82, 2.24) is 0 Å². The molecule has 0 spiro atoms. The summed E-state index contributed by atoms with van der Waals surface area (Å²) >= 11 is 0. The van der Waals surface area contributed by atoms with E-state index in [1.54, 1.807) is 12.2 Å². The SMILES string of the molecule is CC1C[C@H]2[C@@H]3CCC4=CC(=O)C=C[C@]4(C)C3=CC[C@]2(C)[C@@]1(O)C(=O)CO. The molecule has 0 aromatic heterocycles. The summed E-state index contributed by atoms with van der Waals surface area (Å²) in [6.45, 7) is 5.54. The number of fused-ring (bicyclic) bond motifs is 5. The van der Waals surface area contributed by atoms with Crippen molar-refractivity contribution in [2.24, 2.45) is 28.6 Å². The summed E-state index contributed by atoms with van der Waals surface area (Å²) in [6.07, 6.45) is 10.9. The molecule has 4 heteroatoms. The van der Waals surface area contributed by atoms with Crippen molar-refractivity contribution in [3.05, 3.63) is 35.5 Å². The number of ketones is 2. The quantitative estimate of drug-likeness (QED) is 0.746. The van der Waals surface area contributed by atoms with Gasteiger partial charge in [-0.2, -0.15) is 0 Å². The van der Waals surface area contributed by atoms with Crippen LogP contribution in [0.3, 0.4) is 0 Å². The van der Waals surface area contributed by atoms with Gasteiger partial charge < -0.3 is 10.2 Å². The molecule has 2 fully saturated rings. The fourth-order valence-electron chi connectivity index (χ4n) is 6.58. The van der Waals surface area contributed by atoms with E-state index in [0.29, 0.717) is 12.3 Å². The maximum atomic E-state index is 12.5. The third kappa shape index (κ3) is 1.97. The number of Topliss-reactive ketones (excluding diaryl/α,β-unsaturated/α-hetero) is 1. The topological polar surface area (TPSA) is 74.6 Å². The number of hydrogen-bond donors (Lipinski definition) is 2. The molecule has 2 N–H and O–H groups in total. The van der Waals surface area contributed by atoms with Crippen LogP contribution in [0.15, 0.2) is 35.5 Å². The van der Waals surface area contributed by atoms with E-state index in [2.05, 4.69) is 13.0 Å². The van der Waals surface area contributed by atoms with E-state index < -0.39 is 23.4 Å². The minimum absolute atomic E-state index is 0.0644. The van der Waals surface area contributed by atoms with E-state index in [0.717, 1.165) is 19.3 Å². The van der Waals surface area contributed by atoms with E-state index in [1.165, 1.54) is 11.1 Å². The number of hydrogen-bond acceptors (Lipinski definition) is 4. The molecule has 140 valence electrons. The van der Waals surface area contributed by atoms with E-state index in [-0.39, 0.29) is 23.0 Å². The monoisotopic (exact) mass is 356 g/mol. The van der Waals surface area contributed by atoms with Crippen molar-refractivity contribution in [3.63, 3.8) is 0 Å². The average molecular weight is 356 g/mol. The van der Waals surface area contributed by atoms with Crippen molar-refractivity contribution in [3.8, 4) is 0 Å². The summed E-state index contributed by atoms with van der Waals surface area (Å²) in [6, 6.07) is 0. The minimum Gasteiger partial charge on any atom is -0.388 e. The molecule has 0 aromatic carbocycles. The molecule has 1 unspecified atom stereocenters. The number of allylic oxidation sites excluding steroid dienone is 6. The zero-order chi connectivity index (χ0) is 18.9. The van der Waals surface area contributed by atoms with Gasteiger partial charge in [-0.05, 0) is 62.5 Å². The second-order valence-corrected chi connectivity index (χ2v) is 9.12. The lowest BCUT2D eigenvalue weighted by Crippen LogP contribution is -2.57. The minimum atomic E-state index is -1.47. The van der Waals surface area contributed by atoms with Crippen LogP contribution < -0.4 is 0 Å². The van der Waals surface area contributed by atoms with Gasteiger partial charge in [-0.1, -0.05) is 37.1 Å². The van der Waals surface area contributed by atoms with Crippen LogP contribution in [0.1, 0.15) is 46.5 Å². The second kappa shape index (κ2) is 5.49. The Morgan fingerprint density at radius 3 is 2.77 bits per heavy atom. The summed E-state index contributed by atoms with van der Waals surface area (Å²) in [5.74, 6) is -0.0376. The van der Waals surface area contributed by atoms with Gasteiger partial charge in [0.15, 0.2) is 11.6 Å². The second-order valence-electron chi connectivity index (χ2n) is 9.12. The number of carbonyl (C=O) groups excluding carboxylic acids is 2. The predicted molar refractivity (Wildman–Crippen MR) is 98.2 cm³/mol. The molecule has 0 aliphatic heterocycles. The van der Waals surface area contributed by atoms with E-state index in [9.17, 15) is 19.8 Å². The highest BCUT2D eigenvalue weighted by molar-refractivity contribution is 6.01. The van der Waals surface area contributed by atoms with Gasteiger partial charge in [-0.3, -0.25) is 9.59 Å². The fraction of sp³-hybridized carbons (Fsp3) is 0.636. The van der Waals surface area contributed by atoms with Crippen LogP contribution in [0.5, 0.6) is 0 Å². The van der Waals surface area contributed by atoms with Crippen molar-refractivity contribution in [2.45, 2.75) is 52.1 Å². The molecule has 0 heterocycles. The molecular weight excluding hydrogens is 328 g/mol. The van der Waals surface area contributed by atoms with Crippen molar-refractivity contribution < 1.29 is 19.8 Å². The van der Waals surface area contributed by atoms with Crippen LogP contribution in [0.4, 0.5) is 0 Å². The molecule has 2 saturated carbocycles. The van der Waals surface area contributed by atoms with Gasteiger partial charge in [-0.25, -0.2) is 0 Å². The lowest BCUT2D eigenvalue weighted by molar-refractivity contribution is -0.161. The third-order valence-corrected chi connectivity index (χ3v) is 8.10. The number of aliphatic hydroxyl groups is 2. The molecule has 0 amide bonds. The molecule has 0 saturated heterocycles. The lowest BCUT2D eigenvalue weighted by Gasteiger charge is -2.53. The van der Waals surface area contributed by atoms with Crippen LogP contribution in [-0.4, -0.2) is 34.0 Å². The Kier molecular flexibility index (Phi) is 3.78. The highest BCUT2D eigenvalue weighted by atomic mass is 16.3. The van der Waals surface area contributed by atoms with Crippen molar-refractivity contribution >= 4 is 11.6 Å². The highest BCUT2D eigenvalue weighted by Gasteiger charge is 2.66. The fourth-order valence-corrected chi connectivity index (χ4v) is 6.58. The zero-order valence-electron chi connectivity index (χ0n) is 15.8. The Labute approximate surface area is 154 Å². The van der Waals surface area contributed by atoms with E-state index in [4.69, 9.17) is 0 Å². The van der Waals surface area contributed by atoms with E-state index in [1.807, 2.05) is 19.9 Å². The molecule has 0 radical (unpaired) electrons. The Bertz CT molecular complexity index is 775. The molecule has 0 bridgehead atoms. The normalized spacial score (nSPS) is 46.8. The van der Waals surface area contributed by atoms with Crippen LogP contribution in [-0.2, 0) is 9.59 Å². The standard InChI is InChI=1S/C22H28O4/c1-13-10-18-16-5-4-14-11-15(24)6-8-20(14,2)17(16)7-9-21(18,3)22(13,26)19(25)12-23/h6-8,11,13,16,18,23,26H,4-5,9-10,12H2,1-3H3/t13?,16-,18+,20+,21+,22+/m1/s1. The predicted octanol–water partition coefficient (Wildman–Crippen LogP) is 2.75. The third-order valence-electron chi connectivity index (χ3n) is 8.10. The first-order valence-electron chi connectivity index (χ1n) is 9.70. The maximum absolute atomic E-state index is 12.5. The Hall–Kier alpha value is -1.52. The van der Waals surface area contributed by atoms with Gasteiger partial charge in [0.05, 0.1) is 0 Å².